The molecule has 1 N–H and O–H groups in total. The predicted octanol–water partition coefficient (Wildman–Crippen LogP) is 0.532. The lowest BCUT2D eigenvalue weighted by Gasteiger charge is -2.17. The van der Waals surface area contributed by atoms with E-state index in [1.807, 2.05) is 13.8 Å². The van der Waals surface area contributed by atoms with Crippen LogP contribution in [0.3, 0.4) is 0 Å². The van der Waals surface area contributed by atoms with Gasteiger partial charge in [0.1, 0.15) is 0 Å². The van der Waals surface area contributed by atoms with Crippen LogP contribution in [0.15, 0.2) is 0 Å². The van der Waals surface area contributed by atoms with Crippen LogP contribution >= 0.6 is 0 Å². The summed E-state index contributed by atoms with van der Waals surface area (Å²) in [7, 11) is -3.36. The molecule has 1 heterocycles. The molecule has 0 bridgehead atoms. The van der Waals surface area contributed by atoms with Crippen LogP contribution in [-0.4, -0.2) is 49.8 Å². The van der Waals surface area contributed by atoms with E-state index in [0.717, 1.165) is 12.7 Å². The van der Waals surface area contributed by atoms with Crippen molar-refractivity contribution in [3.8, 4) is 0 Å². The van der Waals surface area contributed by atoms with Crippen LogP contribution in [0.5, 0.6) is 0 Å². The molecule has 0 saturated carbocycles. The van der Waals surface area contributed by atoms with Crippen LogP contribution < -0.4 is 5.32 Å². The van der Waals surface area contributed by atoms with Gasteiger partial charge in [-0.05, 0) is 25.2 Å². The largest absolute Gasteiger partial charge is 0.346 e. The first-order chi connectivity index (χ1) is 9.20. The van der Waals surface area contributed by atoms with Crippen LogP contribution in [0.2, 0.25) is 0 Å². The molecule has 0 aromatic carbocycles. The summed E-state index contributed by atoms with van der Waals surface area (Å²) in [5.41, 5.74) is 0. The minimum absolute atomic E-state index is 0.134. The summed E-state index contributed by atoms with van der Waals surface area (Å²) in [4.78, 5) is 23.8. The first-order valence-corrected chi connectivity index (χ1v) is 8.82. The quantitative estimate of drug-likeness (QED) is 0.803. The number of carbonyl (C=O) groups is 2. The minimum Gasteiger partial charge on any atom is -0.346 e. The lowest BCUT2D eigenvalue weighted by atomic mass is 10.1. The lowest BCUT2D eigenvalue weighted by Crippen LogP contribution is -2.44. The zero-order valence-electron chi connectivity index (χ0n) is 12.4. The first-order valence-electron chi connectivity index (χ1n) is 6.97. The number of nitrogens with zero attached hydrogens (tertiary/aromatic N) is 1. The number of carbonyl (C=O) groups excluding carboxylic acids is 2. The summed E-state index contributed by atoms with van der Waals surface area (Å²) in [6.07, 6.45) is 3.35. The highest BCUT2D eigenvalue weighted by molar-refractivity contribution is 7.88. The zero-order valence-corrected chi connectivity index (χ0v) is 13.2. The molecular weight excluding hydrogens is 280 g/mol. The molecular formula is C13H24N2O4S. The number of nitrogens with one attached hydrogen (secondary N) is 1. The molecule has 1 amide bonds. The van der Waals surface area contributed by atoms with E-state index in [9.17, 15) is 18.0 Å². The summed E-state index contributed by atoms with van der Waals surface area (Å²) in [5.74, 6) is 0.0713. The van der Waals surface area contributed by atoms with Crippen molar-refractivity contribution in [3.05, 3.63) is 0 Å². The highest BCUT2D eigenvalue weighted by atomic mass is 32.2. The van der Waals surface area contributed by atoms with Gasteiger partial charge in [-0.25, -0.2) is 8.42 Å². The molecule has 20 heavy (non-hydrogen) atoms. The Morgan fingerprint density at radius 1 is 1.45 bits per heavy atom. The Hall–Kier alpha value is -0.950. The Morgan fingerprint density at radius 3 is 2.65 bits per heavy atom. The van der Waals surface area contributed by atoms with Gasteiger partial charge in [0.2, 0.25) is 15.9 Å². The van der Waals surface area contributed by atoms with Gasteiger partial charge in [-0.3, -0.25) is 9.59 Å². The Kier molecular flexibility index (Phi) is 6.13. The topological polar surface area (TPSA) is 83.6 Å². The average Bonchev–Trinajstić information content (AvgIpc) is 2.49. The number of hydrogen-bond donors (Lipinski definition) is 1. The number of ketones is 1. The number of rotatable bonds is 5. The van der Waals surface area contributed by atoms with Gasteiger partial charge in [-0.1, -0.05) is 13.8 Å². The van der Waals surface area contributed by atoms with Gasteiger partial charge in [0.25, 0.3) is 0 Å². The Labute approximate surface area is 121 Å². The summed E-state index contributed by atoms with van der Waals surface area (Å²) < 4.78 is 24.1. The summed E-state index contributed by atoms with van der Waals surface area (Å²) in [6.45, 7) is 4.26. The second-order valence-corrected chi connectivity index (χ2v) is 7.74. The van der Waals surface area contributed by atoms with Crippen molar-refractivity contribution in [1.29, 1.82) is 0 Å². The molecule has 1 aliphatic rings. The van der Waals surface area contributed by atoms with Gasteiger partial charge >= 0.3 is 0 Å². The fraction of sp³-hybridized carbons (Fsp3) is 0.846. The van der Waals surface area contributed by atoms with Crippen molar-refractivity contribution in [1.82, 2.24) is 9.62 Å². The molecule has 1 saturated heterocycles. The maximum atomic E-state index is 12.0. The van der Waals surface area contributed by atoms with E-state index in [0.29, 0.717) is 31.7 Å². The van der Waals surface area contributed by atoms with E-state index < -0.39 is 16.1 Å². The van der Waals surface area contributed by atoms with Gasteiger partial charge < -0.3 is 5.32 Å². The van der Waals surface area contributed by atoms with E-state index in [1.54, 1.807) is 0 Å². The van der Waals surface area contributed by atoms with Crippen LogP contribution in [-0.2, 0) is 19.6 Å². The monoisotopic (exact) mass is 304 g/mol. The molecule has 0 spiro atoms. The van der Waals surface area contributed by atoms with Crippen molar-refractivity contribution in [2.24, 2.45) is 5.92 Å². The smallest absolute Gasteiger partial charge is 0.220 e. The van der Waals surface area contributed by atoms with Gasteiger partial charge in [0.05, 0.1) is 18.8 Å². The SMILES string of the molecule is CC(C)CCC(=O)N[C@H]1CCCN(S(C)(=O)=O)CC1=O. The van der Waals surface area contributed by atoms with Gasteiger partial charge in [-0.15, -0.1) is 0 Å². The highest BCUT2D eigenvalue weighted by Crippen LogP contribution is 2.12. The highest BCUT2D eigenvalue weighted by Gasteiger charge is 2.29. The van der Waals surface area contributed by atoms with Crippen molar-refractivity contribution in [2.75, 3.05) is 19.3 Å². The predicted molar refractivity (Wildman–Crippen MR) is 76.7 cm³/mol. The molecule has 0 aliphatic carbocycles. The maximum Gasteiger partial charge on any atom is 0.220 e. The molecule has 0 aromatic rings. The number of sulfonamides is 1. The summed E-state index contributed by atoms with van der Waals surface area (Å²) >= 11 is 0. The third-order valence-electron chi connectivity index (χ3n) is 3.37. The first kappa shape index (κ1) is 17.1. The maximum absolute atomic E-state index is 12.0. The van der Waals surface area contributed by atoms with Crippen molar-refractivity contribution < 1.29 is 18.0 Å². The van der Waals surface area contributed by atoms with Crippen LogP contribution in [0.1, 0.15) is 39.5 Å². The third kappa shape index (κ3) is 5.58. The molecule has 1 fully saturated rings. The molecule has 0 aromatic heterocycles. The Bertz CT molecular complexity index is 459. The minimum atomic E-state index is -3.36. The van der Waals surface area contributed by atoms with Crippen molar-refractivity contribution in [3.63, 3.8) is 0 Å². The molecule has 0 radical (unpaired) electrons. The standard InChI is InChI=1S/C13H24N2O4S/c1-10(2)6-7-13(17)14-11-5-4-8-15(9-12(11)16)20(3,18)19/h10-11H,4-9H2,1-3H3,(H,14,17)/t11-/m0/s1. The zero-order chi connectivity index (χ0) is 15.3. The summed E-state index contributed by atoms with van der Waals surface area (Å²) in [6, 6.07) is -0.554. The van der Waals surface area contributed by atoms with Gasteiger partial charge in [0, 0.05) is 13.0 Å². The fourth-order valence-electron chi connectivity index (χ4n) is 2.12. The summed E-state index contributed by atoms with van der Waals surface area (Å²) in [5, 5.41) is 2.73. The molecule has 1 aliphatic heterocycles. The lowest BCUT2D eigenvalue weighted by molar-refractivity contribution is -0.127. The number of Topliss-reactive ketones (excluding diaryl/α,β-unsaturated/α-hetero) is 1. The second-order valence-electron chi connectivity index (χ2n) is 5.76. The Balaban J connectivity index is 2.56. The van der Waals surface area contributed by atoms with Crippen molar-refractivity contribution in [2.45, 2.75) is 45.6 Å². The Morgan fingerprint density at radius 2 is 2.10 bits per heavy atom. The molecule has 1 atom stereocenters. The van der Waals surface area contributed by atoms with E-state index in [-0.39, 0.29) is 18.2 Å². The second kappa shape index (κ2) is 7.17. The molecule has 116 valence electrons. The fourth-order valence-corrected chi connectivity index (χ4v) is 2.94. The van der Waals surface area contributed by atoms with Gasteiger partial charge in [-0.2, -0.15) is 4.31 Å². The molecule has 7 heteroatoms. The van der Waals surface area contributed by atoms with Crippen LogP contribution in [0.25, 0.3) is 0 Å². The normalized spacial score (nSPS) is 21.8. The van der Waals surface area contributed by atoms with Gasteiger partial charge in [0.15, 0.2) is 5.78 Å². The van der Waals surface area contributed by atoms with E-state index in [2.05, 4.69) is 5.32 Å². The number of amides is 1. The van der Waals surface area contributed by atoms with E-state index >= 15 is 0 Å². The molecule has 1 rings (SSSR count). The molecule has 0 unspecified atom stereocenters. The van der Waals surface area contributed by atoms with Crippen molar-refractivity contribution >= 4 is 21.7 Å². The van der Waals surface area contributed by atoms with E-state index in [4.69, 9.17) is 0 Å². The average molecular weight is 304 g/mol. The van der Waals surface area contributed by atoms with E-state index in [1.165, 1.54) is 4.31 Å². The number of hydrogen-bond acceptors (Lipinski definition) is 4. The van der Waals surface area contributed by atoms with Crippen LogP contribution in [0.4, 0.5) is 0 Å². The molecule has 6 nitrogen and oxygen atoms in total. The van der Waals surface area contributed by atoms with Crippen LogP contribution in [0, 0.1) is 5.92 Å². The third-order valence-corrected chi connectivity index (χ3v) is 4.62.